The van der Waals surface area contributed by atoms with Crippen molar-refractivity contribution < 1.29 is 19.4 Å². The summed E-state index contributed by atoms with van der Waals surface area (Å²) in [6, 6.07) is 2.53. The van der Waals surface area contributed by atoms with Crippen LogP contribution in [-0.2, 0) is 16.0 Å². The minimum absolute atomic E-state index is 0. The van der Waals surface area contributed by atoms with Crippen LogP contribution >= 0.6 is 0 Å². The van der Waals surface area contributed by atoms with Crippen molar-refractivity contribution in [2.24, 2.45) is 0 Å². The van der Waals surface area contributed by atoms with Gasteiger partial charge in [-0.2, -0.15) is 0 Å². The second-order valence-electron chi connectivity index (χ2n) is 5.39. The summed E-state index contributed by atoms with van der Waals surface area (Å²) in [6.45, 7) is 5.20. The molecule has 1 amide bonds. The molecule has 104 valence electrons. The number of aromatic nitrogens is 1. The van der Waals surface area contributed by atoms with Gasteiger partial charge in [-0.3, -0.25) is 0 Å². The molecule has 0 saturated carbocycles. The van der Waals surface area contributed by atoms with Crippen molar-refractivity contribution in [3.63, 3.8) is 0 Å². The van der Waals surface area contributed by atoms with Gasteiger partial charge in [0.2, 0.25) is 0 Å². The third-order valence-electron chi connectivity index (χ3n) is 2.70. The summed E-state index contributed by atoms with van der Waals surface area (Å²) in [5.41, 5.74) is 0.0539. The minimum atomic E-state index is -1.07. The monoisotopic (exact) mass is 272 g/mol. The molecule has 0 aromatic carbocycles. The van der Waals surface area contributed by atoms with Gasteiger partial charge in [-0.05, 0) is 32.4 Å². The molecule has 20 heavy (non-hydrogen) atoms. The Morgan fingerprint density at radius 1 is 1.45 bits per heavy atom. The quantitative estimate of drug-likeness (QED) is 0.777. The van der Waals surface area contributed by atoms with Crippen LogP contribution in [0.25, 0.3) is 0 Å². The van der Waals surface area contributed by atoms with Crippen LogP contribution in [0.5, 0.6) is 0 Å². The van der Waals surface area contributed by atoms with Crippen LogP contribution in [0.3, 0.4) is 0 Å². The predicted molar refractivity (Wildman–Crippen MR) is 75.2 cm³/mol. The Hall–Kier alpha value is -1.51. The molecule has 1 unspecified atom stereocenters. The maximum atomic E-state index is 12.1. The van der Waals surface area contributed by atoms with Gasteiger partial charge in [0.05, 0.1) is 0 Å². The fourth-order valence-electron chi connectivity index (χ4n) is 1.98. The summed E-state index contributed by atoms with van der Waals surface area (Å²) in [7, 11) is 0. The van der Waals surface area contributed by atoms with Gasteiger partial charge in [-0.25, -0.2) is 19.5 Å². The Morgan fingerprint density at radius 3 is 2.65 bits per heavy atom. The maximum absolute atomic E-state index is 12.1. The number of carbonyl (C=O) groups is 2. The number of rotatable bonds is 1. The SMILES string of the molecule is CC(C)(C)OC(=O)N1c2ncccc2CC1C(=O)O.[LiH]. The number of carbonyl (C=O) groups excluding carboxylic acids is 1. The number of pyridine rings is 1. The fraction of sp³-hybridized carbons (Fsp3) is 0.462. The van der Waals surface area contributed by atoms with E-state index in [1.165, 1.54) is 6.20 Å². The summed E-state index contributed by atoms with van der Waals surface area (Å²) in [5, 5.41) is 9.23. The second-order valence-corrected chi connectivity index (χ2v) is 5.39. The molecule has 7 heteroatoms. The zero-order valence-electron chi connectivity index (χ0n) is 11.1. The number of nitrogens with zero attached hydrogens (tertiary/aromatic N) is 2. The van der Waals surface area contributed by atoms with Gasteiger partial charge in [0.15, 0.2) is 0 Å². The average Bonchev–Trinajstić information content (AvgIpc) is 2.65. The first kappa shape index (κ1) is 16.5. The summed E-state index contributed by atoms with van der Waals surface area (Å²) >= 11 is 0. The topological polar surface area (TPSA) is 79.7 Å². The Kier molecular flexibility index (Phi) is 4.84. The molecule has 1 atom stereocenters. The van der Waals surface area contributed by atoms with Crippen molar-refractivity contribution in [1.82, 2.24) is 4.98 Å². The van der Waals surface area contributed by atoms with E-state index in [4.69, 9.17) is 4.74 Å². The normalized spacial score (nSPS) is 17.1. The fourth-order valence-corrected chi connectivity index (χ4v) is 1.98. The van der Waals surface area contributed by atoms with E-state index in [2.05, 4.69) is 4.98 Å². The molecule has 1 aromatic rings. The van der Waals surface area contributed by atoms with Crippen molar-refractivity contribution in [3.8, 4) is 0 Å². The van der Waals surface area contributed by atoms with Crippen LogP contribution in [0, 0.1) is 0 Å². The molecule has 1 aliphatic heterocycles. The number of anilines is 1. The molecular weight excluding hydrogens is 255 g/mol. The van der Waals surface area contributed by atoms with Crippen LogP contribution in [0.2, 0.25) is 0 Å². The molecule has 0 saturated heterocycles. The molecule has 1 N–H and O–H groups in total. The van der Waals surface area contributed by atoms with E-state index in [9.17, 15) is 14.7 Å². The van der Waals surface area contributed by atoms with Gasteiger partial charge in [-0.1, -0.05) is 6.07 Å². The summed E-state index contributed by atoms with van der Waals surface area (Å²) in [6.07, 6.45) is 1.09. The molecule has 1 aliphatic rings. The molecular formula is C13H17LiN2O4. The third kappa shape index (κ3) is 3.32. The van der Waals surface area contributed by atoms with E-state index in [0.717, 1.165) is 10.5 Å². The number of aliphatic carboxylic acids is 1. The van der Waals surface area contributed by atoms with Gasteiger partial charge in [0.25, 0.3) is 0 Å². The van der Waals surface area contributed by atoms with E-state index >= 15 is 0 Å². The third-order valence-corrected chi connectivity index (χ3v) is 2.70. The molecule has 0 fully saturated rings. The Morgan fingerprint density at radius 2 is 2.10 bits per heavy atom. The predicted octanol–water partition coefficient (Wildman–Crippen LogP) is 1.18. The molecule has 0 aliphatic carbocycles. The van der Waals surface area contributed by atoms with Gasteiger partial charge in [-0.15, -0.1) is 0 Å². The van der Waals surface area contributed by atoms with Crippen molar-refractivity contribution in [2.75, 3.05) is 4.90 Å². The van der Waals surface area contributed by atoms with E-state index in [1.807, 2.05) is 0 Å². The van der Waals surface area contributed by atoms with Crippen LogP contribution in [0.1, 0.15) is 26.3 Å². The molecule has 0 bridgehead atoms. The van der Waals surface area contributed by atoms with Crippen LogP contribution in [0.15, 0.2) is 18.3 Å². The standard InChI is InChI=1S/C13H16N2O4.Li.H/c1-13(2,3)19-12(18)15-9(11(16)17)7-8-5-4-6-14-10(8)15;;/h4-6,9H,7H2,1-3H3,(H,16,17);;. The van der Waals surface area contributed by atoms with Crippen molar-refractivity contribution in [3.05, 3.63) is 23.9 Å². The Balaban J connectivity index is 0.00000200. The Bertz CT molecular complexity index is 527. The van der Waals surface area contributed by atoms with E-state index in [1.54, 1.807) is 32.9 Å². The second kappa shape index (κ2) is 5.86. The number of carboxylic acids is 1. The molecule has 0 radical (unpaired) electrons. The first-order chi connectivity index (χ1) is 8.79. The van der Waals surface area contributed by atoms with E-state index in [0.29, 0.717) is 5.82 Å². The summed E-state index contributed by atoms with van der Waals surface area (Å²) in [5.74, 6) is -0.701. The van der Waals surface area contributed by atoms with Crippen LogP contribution < -0.4 is 4.90 Å². The first-order valence-electron chi connectivity index (χ1n) is 5.98. The molecule has 6 nitrogen and oxygen atoms in total. The first-order valence-corrected chi connectivity index (χ1v) is 5.98. The molecule has 1 aromatic heterocycles. The number of hydrogen-bond acceptors (Lipinski definition) is 4. The molecule has 0 spiro atoms. The van der Waals surface area contributed by atoms with Gasteiger partial charge in [0.1, 0.15) is 17.5 Å². The zero-order valence-corrected chi connectivity index (χ0v) is 11.1. The number of carboxylic acid groups (broad SMARTS) is 1. The molecule has 2 rings (SSSR count). The number of ether oxygens (including phenoxy) is 1. The number of fused-ring (bicyclic) bond motifs is 1. The van der Waals surface area contributed by atoms with Gasteiger partial charge < -0.3 is 9.84 Å². The number of amides is 1. The summed E-state index contributed by atoms with van der Waals surface area (Å²) in [4.78, 5) is 28.6. The van der Waals surface area contributed by atoms with E-state index < -0.39 is 23.7 Å². The Labute approximate surface area is 129 Å². The van der Waals surface area contributed by atoms with Crippen molar-refractivity contribution >= 4 is 36.7 Å². The molecule has 2 heterocycles. The summed E-state index contributed by atoms with van der Waals surface area (Å²) < 4.78 is 5.24. The number of hydrogen-bond donors (Lipinski definition) is 1. The van der Waals surface area contributed by atoms with E-state index in [-0.39, 0.29) is 25.3 Å². The van der Waals surface area contributed by atoms with Crippen molar-refractivity contribution in [1.29, 1.82) is 0 Å². The zero-order chi connectivity index (χ0) is 14.2. The van der Waals surface area contributed by atoms with Gasteiger partial charge in [0, 0.05) is 12.6 Å². The van der Waals surface area contributed by atoms with Crippen LogP contribution in [0.4, 0.5) is 10.6 Å². The van der Waals surface area contributed by atoms with Gasteiger partial charge >= 0.3 is 30.9 Å². The van der Waals surface area contributed by atoms with Crippen LogP contribution in [-0.4, -0.2) is 52.7 Å². The van der Waals surface area contributed by atoms with Crippen molar-refractivity contribution in [2.45, 2.75) is 38.8 Å². The average molecular weight is 272 g/mol.